The average molecular weight is 182 g/mol. The van der Waals surface area contributed by atoms with Gasteiger partial charge in [-0.2, -0.15) is 0 Å². The van der Waals surface area contributed by atoms with Crippen molar-refractivity contribution in [3.63, 3.8) is 0 Å². The van der Waals surface area contributed by atoms with Crippen LogP contribution in [0, 0.1) is 5.92 Å². The van der Waals surface area contributed by atoms with E-state index >= 15 is 0 Å². The number of anilines is 2. The maximum absolute atomic E-state index is 5.35. The molecule has 5 heteroatoms. The van der Waals surface area contributed by atoms with Crippen LogP contribution in [0.4, 0.5) is 12.0 Å². The maximum atomic E-state index is 5.35. The van der Waals surface area contributed by atoms with Gasteiger partial charge < -0.3 is 15.1 Å². The first kappa shape index (κ1) is 8.34. The molecule has 1 aromatic rings. The van der Waals surface area contributed by atoms with E-state index < -0.39 is 0 Å². The maximum Gasteiger partial charge on any atom is 0.319 e. The predicted molar refractivity (Wildman–Crippen MR) is 49.3 cm³/mol. The Balaban J connectivity index is 2.02. The fourth-order valence-corrected chi connectivity index (χ4v) is 1.55. The van der Waals surface area contributed by atoms with Gasteiger partial charge in [-0.15, -0.1) is 0 Å². The van der Waals surface area contributed by atoms with Gasteiger partial charge in [0.1, 0.15) is 0 Å². The number of aromatic nitrogens is 2. The number of rotatable bonds is 1. The van der Waals surface area contributed by atoms with Crippen molar-refractivity contribution in [2.24, 2.45) is 5.92 Å². The summed E-state index contributed by atoms with van der Waals surface area (Å²) in [7, 11) is 0. The molecule has 0 unspecified atom stereocenters. The third kappa shape index (κ3) is 1.74. The highest BCUT2D eigenvalue weighted by molar-refractivity contribution is 5.28. The van der Waals surface area contributed by atoms with Gasteiger partial charge in [0.25, 0.3) is 0 Å². The molecule has 1 aliphatic heterocycles. The quantitative estimate of drug-likeness (QED) is 0.698. The van der Waals surface area contributed by atoms with E-state index in [9.17, 15) is 0 Å². The number of piperidine rings is 1. The highest BCUT2D eigenvalue weighted by atomic mass is 16.4. The number of hydrogen-bond acceptors (Lipinski definition) is 5. The third-order valence-corrected chi connectivity index (χ3v) is 2.48. The highest BCUT2D eigenvalue weighted by Gasteiger charge is 2.19. The first-order valence-electron chi connectivity index (χ1n) is 4.59. The molecule has 2 rings (SSSR count). The van der Waals surface area contributed by atoms with Crippen LogP contribution in [0.2, 0.25) is 0 Å². The van der Waals surface area contributed by atoms with Crippen molar-refractivity contribution in [3.05, 3.63) is 0 Å². The van der Waals surface area contributed by atoms with Crippen molar-refractivity contribution in [1.29, 1.82) is 0 Å². The van der Waals surface area contributed by atoms with Gasteiger partial charge >= 0.3 is 12.0 Å². The van der Waals surface area contributed by atoms with Crippen molar-refractivity contribution < 1.29 is 4.42 Å². The molecule has 0 amide bonds. The van der Waals surface area contributed by atoms with Crippen LogP contribution < -0.4 is 10.6 Å². The number of nitrogens with zero attached hydrogens (tertiary/aromatic N) is 3. The van der Waals surface area contributed by atoms with Gasteiger partial charge in [-0.25, -0.2) is 0 Å². The molecule has 0 bridgehead atoms. The molecule has 13 heavy (non-hydrogen) atoms. The normalized spacial score (nSPS) is 19.3. The zero-order valence-electron chi connectivity index (χ0n) is 7.73. The summed E-state index contributed by atoms with van der Waals surface area (Å²) < 4.78 is 5.14. The SMILES string of the molecule is CC1CCN(c2nnc(N)o2)CC1. The summed E-state index contributed by atoms with van der Waals surface area (Å²) >= 11 is 0. The molecule has 1 saturated heterocycles. The Labute approximate surface area is 76.9 Å². The molecule has 2 heterocycles. The Morgan fingerprint density at radius 3 is 2.62 bits per heavy atom. The smallest absolute Gasteiger partial charge is 0.319 e. The Bertz CT molecular complexity index is 277. The highest BCUT2D eigenvalue weighted by Crippen LogP contribution is 2.21. The first-order valence-corrected chi connectivity index (χ1v) is 4.59. The van der Waals surface area contributed by atoms with Gasteiger partial charge in [0.2, 0.25) is 0 Å². The van der Waals surface area contributed by atoms with E-state index in [-0.39, 0.29) is 6.01 Å². The Kier molecular flexibility index (Phi) is 2.08. The summed E-state index contributed by atoms with van der Waals surface area (Å²) in [5.41, 5.74) is 5.35. The van der Waals surface area contributed by atoms with Crippen LogP contribution in [-0.2, 0) is 0 Å². The minimum atomic E-state index is 0.147. The van der Waals surface area contributed by atoms with Gasteiger partial charge in [-0.05, 0) is 18.8 Å². The Morgan fingerprint density at radius 1 is 1.38 bits per heavy atom. The molecule has 72 valence electrons. The minimum Gasteiger partial charge on any atom is -0.390 e. The Hall–Kier alpha value is -1.26. The minimum absolute atomic E-state index is 0.147. The lowest BCUT2D eigenvalue weighted by molar-refractivity contribution is 0.415. The van der Waals surface area contributed by atoms with Crippen LogP contribution in [-0.4, -0.2) is 23.3 Å². The van der Waals surface area contributed by atoms with E-state index in [2.05, 4.69) is 22.0 Å². The van der Waals surface area contributed by atoms with Crippen molar-refractivity contribution in [1.82, 2.24) is 10.2 Å². The summed E-state index contributed by atoms with van der Waals surface area (Å²) in [5, 5.41) is 7.48. The molecule has 1 aromatic heterocycles. The summed E-state index contributed by atoms with van der Waals surface area (Å²) in [6.07, 6.45) is 2.37. The van der Waals surface area contributed by atoms with Crippen LogP contribution in [0.3, 0.4) is 0 Å². The van der Waals surface area contributed by atoms with Gasteiger partial charge in [0.15, 0.2) is 0 Å². The van der Waals surface area contributed by atoms with E-state index in [0.717, 1.165) is 19.0 Å². The van der Waals surface area contributed by atoms with Gasteiger partial charge in [0, 0.05) is 13.1 Å². The number of nitrogen functional groups attached to an aromatic ring is 1. The fourth-order valence-electron chi connectivity index (χ4n) is 1.55. The van der Waals surface area contributed by atoms with Gasteiger partial charge in [-0.1, -0.05) is 17.1 Å². The number of nitrogens with two attached hydrogens (primary N) is 1. The lowest BCUT2D eigenvalue weighted by Gasteiger charge is -2.28. The summed E-state index contributed by atoms with van der Waals surface area (Å²) in [5.74, 6) is 0.802. The fraction of sp³-hybridized carbons (Fsp3) is 0.750. The first-order chi connectivity index (χ1) is 6.25. The molecule has 0 spiro atoms. The predicted octanol–water partition coefficient (Wildman–Crippen LogP) is 0.888. The van der Waals surface area contributed by atoms with Crippen molar-refractivity contribution in [3.8, 4) is 0 Å². The summed E-state index contributed by atoms with van der Waals surface area (Å²) in [4.78, 5) is 2.09. The van der Waals surface area contributed by atoms with Crippen molar-refractivity contribution in [2.45, 2.75) is 19.8 Å². The molecule has 0 radical (unpaired) electrons. The molecule has 1 aliphatic rings. The zero-order chi connectivity index (χ0) is 9.26. The topological polar surface area (TPSA) is 68.2 Å². The van der Waals surface area contributed by atoms with E-state index in [1.54, 1.807) is 0 Å². The van der Waals surface area contributed by atoms with Crippen LogP contribution in [0.25, 0.3) is 0 Å². The van der Waals surface area contributed by atoms with Crippen LogP contribution in [0.15, 0.2) is 4.42 Å². The van der Waals surface area contributed by atoms with E-state index in [1.165, 1.54) is 12.8 Å². The Morgan fingerprint density at radius 2 is 2.08 bits per heavy atom. The van der Waals surface area contributed by atoms with Crippen molar-refractivity contribution in [2.75, 3.05) is 23.7 Å². The molecule has 1 fully saturated rings. The molecular weight excluding hydrogens is 168 g/mol. The van der Waals surface area contributed by atoms with Crippen LogP contribution in [0.5, 0.6) is 0 Å². The summed E-state index contributed by atoms with van der Waals surface area (Å²) in [6.45, 7) is 4.24. The third-order valence-electron chi connectivity index (χ3n) is 2.48. The van der Waals surface area contributed by atoms with E-state index in [4.69, 9.17) is 10.2 Å². The largest absolute Gasteiger partial charge is 0.390 e. The van der Waals surface area contributed by atoms with E-state index in [0.29, 0.717) is 6.01 Å². The number of hydrogen-bond donors (Lipinski definition) is 1. The zero-order valence-corrected chi connectivity index (χ0v) is 7.73. The summed E-state index contributed by atoms with van der Waals surface area (Å²) in [6, 6.07) is 0.707. The van der Waals surface area contributed by atoms with Crippen LogP contribution >= 0.6 is 0 Å². The molecule has 0 aliphatic carbocycles. The molecule has 0 saturated carbocycles. The standard InChI is InChI=1S/C8H14N4O/c1-6-2-4-12(5-3-6)8-11-10-7(9)13-8/h6H,2-5H2,1H3,(H2,9,10). The second kappa shape index (κ2) is 3.24. The average Bonchev–Trinajstić information content (AvgIpc) is 2.53. The van der Waals surface area contributed by atoms with Gasteiger partial charge in [-0.3, -0.25) is 0 Å². The van der Waals surface area contributed by atoms with Gasteiger partial charge in [0.05, 0.1) is 0 Å². The molecule has 5 nitrogen and oxygen atoms in total. The second-order valence-electron chi connectivity index (χ2n) is 3.59. The molecule has 0 atom stereocenters. The molecular formula is C8H14N4O. The molecule has 2 N–H and O–H groups in total. The lowest BCUT2D eigenvalue weighted by atomic mass is 10.00. The second-order valence-corrected chi connectivity index (χ2v) is 3.59. The molecule has 0 aromatic carbocycles. The van der Waals surface area contributed by atoms with Crippen LogP contribution in [0.1, 0.15) is 19.8 Å². The van der Waals surface area contributed by atoms with Crippen molar-refractivity contribution >= 4 is 12.0 Å². The monoisotopic (exact) mass is 182 g/mol. The lowest BCUT2D eigenvalue weighted by Crippen LogP contribution is -2.32. The van der Waals surface area contributed by atoms with E-state index in [1.807, 2.05) is 0 Å².